The Bertz CT molecular complexity index is 417. The second kappa shape index (κ2) is 4.44. The van der Waals surface area contributed by atoms with Crippen LogP contribution in [0.1, 0.15) is 12.8 Å². The summed E-state index contributed by atoms with van der Waals surface area (Å²) in [6.07, 6.45) is 2.79. The first-order valence-electron chi connectivity index (χ1n) is 5.68. The van der Waals surface area contributed by atoms with E-state index in [0.29, 0.717) is 18.8 Å². The number of carbonyl (C=O) groups is 1. The molecule has 0 aromatic carbocycles. The van der Waals surface area contributed by atoms with E-state index >= 15 is 0 Å². The quantitative estimate of drug-likeness (QED) is 0.764. The summed E-state index contributed by atoms with van der Waals surface area (Å²) in [6.45, 7) is 0.842. The van der Waals surface area contributed by atoms with Gasteiger partial charge in [0.2, 0.25) is 5.91 Å². The van der Waals surface area contributed by atoms with Gasteiger partial charge in [-0.25, -0.2) is 8.42 Å². The molecular weight excluding hydrogens is 260 g/mol. The Labute approximate surface area is 106 Å². The molecule has 0 spiro atoms. The van der Waals surface area contributed by atoms with E-state index < -0.39 is 20.6 Å². The standard InChI is InChI=1S/C10H18N2O3S2/c1-17(14,15)8-6-16-5-4-12(8)9(13)10(7-11)2-3-10/h8H,2-7,11H2,1H3. The maximum absolute atomic E-state index is 12.3. The van der Waals surface area contributed by atoms with Gasteiger partial charge >= 0.3 is 0 Å². The van der Waals surface area contributed by atoms with Crippen LogP contribution in [-0.4, -0.2) is 55.4 Å². The lowest BCUT2D eigenvalue weighted by Gasteiger charge is -2.36. The van der Waals surface area contributed by atoms with E-state index in [2.05, 4.69) is 0 Å². The first-order valence-corrected chi connectivity index (χ1v) is 8.79. The van der Waals surface area contributed by atoms with Crippen LogP contribution in [0.5, 0.6) is 0 Å². The smallest absolute Gasteiger partial charge is 0.231 e. The lowest BCUT2D eigenvalue weighted by Crippen LogP contribution is -2.53. The first kappa shape index (κ1) is 13.2. The van der Waals surface area contributed by atoms with Crippen molar-refractivity contribution in [2.75, 3.05) is 30.9 Å². The number of hydrogen-bond donors (Lipinski definition) is 1. The van der Waals surface area contributed by atoms with E-state index in [-0.39, 0.29) is 5.91 Å². The number of nitrogens with zero attached hydrogens (tertiary/aromatic N) is 1. The molecule has 1 aliphatic heterocycles. The SMILES string of the molecule is CS(=O)(=O)C1CSCCN1C(=O)C1(CN)CC1. The molecule has 1 unspecified atom stereocenters. The van der Waals surface area contributed by atoms with E-state index in [9.17, 15) is 13.2 Å². The molecule has 0 bridgehead atoms. The van der Waals surface area contributed by atoms with E-state index in [1.165, 1.54) is 11.2 Å². The average molecular weight is 278 g/mol. The van der Waals surface area contributed by atoms with Crippen LogP contribution in [0.15, 0.2) is 0 Å². The maximum atomic E-state index is 12.3. The highest BCUT2D eigenvalue weighted by Gasteiger charge is 2.52. The van der Waals surface area contributed by atoms with E-state index in [4.69, 9.17) is 5.73 Å². The minimum Gasteiger partial charge on any atom is -0.329 e. The van der Waals surface area contributed by atoms with Crippen molar-refractivity contribution < 1.29 is 13.2 Å². The van der Waals surface area contributed by atoms with E-state index in [1.807, 2.05) is 0 Å². The minimum atomic E-state index is -3.22. The van der Waals surface area contributed by atoms with Crippen molar-refractivity contribution in [3.8, 4) is 0 Å². The predicted octanol–water partition coefficient (Wildman–Crippen LogP) is -0.329. The Hall–Kier alpha value is -0.270. The van der Waals surface area contributed by atoms with Gasteiger partial charge in [-0.15, -0.1) is 0 Å². The molecule has 2 rings (SSSR count). The zero-order chi connectivity index (χ0) is 12.7. The Kier molecular flexibility index (Phi) is 3.44. The summed E-state index contributed by atoms with van der Waals surface area (Å²) < 4.78 is 23.4. The van der Waals surface area contributed by atoms with Gasteiger partial charge < -0.3 is 10.6 Å². The summed E-state index contributed by atoms with van der Waals surface area (Å²) >= 11 is 1.59. The van der Waals surface area contributed by atoms with Gasteiger partial charge in [-0.3, -0.25) is 4.79 Å². The Morgan fingerprint density at radius 2 is 2.18 bits per heavy atom. The molecule has 1 saturated heterocycles. The Morgan fingerprint density at radius 3 is 2.65 bits per heavy atom. The van der Waals surface area contributed by atoms with Crippen molar-refractivity contribution in [1.29, 1.82) is 0 Å². The highest BCUT2D eigenvalue weighted by Crippen LogP contribution is 2.47. The second-order valence-electron chi connectivity index (χ2n) is 4.84. The van der Waals surface area contributed by atoms with Gasteiger partial charge in [-0.05, 0) is 12.8 Å². The Morgan fingerprint density at radius 1 is 1.53 bits per heavy atom. The normalized spacial score (nSPS) is 27.9. The fourth-order valence-electron chi connectivity index (χ4n) is 2.13. The number of rotatable bonds is 3. The Balaban J connectivity index is 2.20. The molecular formula is C10H18N2O3S2. The largest absolute Gasteiger partial charge is 0.329 e. The first-order chi connectivity index (χ1) is 7.91. The van der Waals surface area contributed by atoms with E-state index in [1.54, 1.807) is 11.8 Å². The van der Waals surface area contributed by atoms with Gasteiger partial charge in [0.15, 0.2) is 9.84 Å². The van der Waals surface area contributed by atoms with Crippen LogP contribution < -0.4 is 5.73 Å². The summed E-state index contributed by atoms with van der Waals surface area (Å²) in [7, 11) is -3.22. The molecule has 0 aromatic rings. The van der Waals surface area contributed by atoms with Crippen molar-refractivity contribution in [1.82, 2.24) is 4.90 Å². The van der Waals surface area contributed by atoms with Crippen LogP contribution in [0, 0.1) is 5.41 Å². The monoisotopic (exact) mass is 278 g/mol. The molecule has 1 amide bonds. The zero-order valence-corrected chi connectivity index (χ0v) is 11.5. The van der Waals surface area contributed by atoms with Crippen LogP contribution in [0.25, 0.3) is 0 Å². The fraction of sp³-hybridized carbons (Fsp3) is 0.900. The number of nitrogens with two attached hydrogens (primary N) is 1. The molecule has 1 aliphatic carbocycles. The van der Waals surface area contributed by atoms with Crippen molar-refractivity contribution in [3.63, 3.8) is 0 Å². The van der Waals surface area contributed by atoms with Crippen molar-refractivity contribution in [2.24, 2.45) is 11.1 Å². The van der Waals surface area contributed by atoms with Gasteiger partial charge in [-0.1, -0.05) is 0 Å². The molecule has 2 fully saturated rings. The summed E-state index contributed by atoms with van der Waals surface area (Å²) in [6, 6.07) is 0. The van der Waals surface area contributed by atoms with Gasteiger partial charge in [-0.2, -0.15) is 11.8 Å². The van der Waals surface area contributed by atoms with Crippen LogP contribution in [0.2, 0.25) is 0 Å². The second-order valence-corrected chi connectivity index (χ2v) is 8.20. The van der Waals surface area contributed by atoms with E-state index in [0.717, 1.165) is 18.6 Å². The molecule has 5 nitrogen and oxygen atoms in total. The maximum Gasteiger partial charge on any atom is 0.231 e. The molecule has 1 heterocycles. The third-order valence-electron chi connectivity index (χ3n) is 3.54. The topological polar surface area (TPSA) is 80.5 Å². The van der Waals surface area contributed by atoms with Crippen molar-refractivity contribution in [2.45, 2.75) is 18.2 Å². The summed E-state index contributed by atoms with van der Waals surface area (Å²) in [5.41, 5.74) is 5.18. The molecule has 1 saturated carbocycles. The molecule has 0 aromatic heterocycles. The fourth-order valence-corrected chi connectivity index (χ4v) is 4.94. The zero-order valence-electron chi connectivity index (χ0n) is 9.89. The van der Waals surface area contributed by atoms with Crippen LogP contribution in [-0.2, 0) is 14.6 Å². The number of sulfone groups is 1. The molecule has 2 aliphatic rings. The molecule has 2 N–H and O–H groups in total. The lowest BCUT2D eigenvalue weighted by molar-refractivity contribution is -0.137. The van der Waals surface area contributed by atoms with Crippen molar-refractivity contribution in [3.05, 3.63) is 0 Å². The molecule has 17 heavy (non-hydrogen) atoms. The number of hydrogen-bond acceptors (Lipinski definition) is 5. The number of thioether (sulfide) groups is 1. The third kappa shape index (κ3) is 2.46. The molecule has 1 atom stereocenters. The van der Waals surface area contributed by atoms with Crippen LogP contribution in [0.3, 0.4) is 0 Å². The highest BCUT2D eigenvalue weighted by molar-refractivity contribution is 8.00. The molecule has 7 heteroatoms. The number of carbonyl (C=O) groups excluding carboxylic acids is 1. The lowest BCUT2D eigenvalue weighted by atomic mass is 10.1. The van der Waals surface area contributed by atoms with Gasteiger partial charge in [0, 0.05) is 30.9 Å². The third-order valence-corrected chi connectivity index (χ3v) is 6.18. The minimum absolute atomic E-state index is 0.0595. The van der Waals surface area contributed by atoms with Crippen molar-refractivity contribution >= 4 is 27.5 Å². The van der Waals surface area contributed by atoms with Gasteiger partial charge in [0.1, 0.15) is 5.37 Å². The van der Waals surface area contributed by atoms with Gasteiger partial charge in [0.05, 0.1) is 5.41 Å². The van der Waals surface area contributed by atoms with Gasteiger partial charge in [0.25, 0.3) is 0 Å². The number of amides is 1. The van der Waals surface area contributed by atoms with Crippen LogP contribution in [0.4, 0.5) is 0 Å². The highest BCUT2D eigenvalue weighted by atomic mass is 32.2. The molecule has 0 radical (unpaired) electrons. The summed E-state index contributed by atoms with van der Waals surface area (Å²) in [4.78, 5) is 13.9. The van der Waals surface area contributed by atoms with Crippen LogP contribution >= 0.6 is 11.8 Å². The summed E-state index contributed by atoms with van der Waals surface area (Å²) in [5.74, 6) is 1.22. The predicted molar refractivity (Wildman–Crippen MR) is 68.4 cm³/mol. The molecule has 98 valence electrons. The average Bonchev–Trinajstić information content (AvgIpc) is 3.08. The summed E-state index contributed by atoms with van der Waals surface area (Å²) in [5, 5.41) is -0.669.